The minimum atomic E-state index is -2.94. The van der Waals surface area contributed by atoms with Gasteiger partial charge in [0.05, 0.1) is 11.4 Å². The van der Waals surface area contributed by atoms with Crippen LogP contribution in [0.5, 0.6) is 0 Å². The van der Waals surface area contributed by atoms with Crippen LogP contribution in [0.1, 0.15) is 29.7 Å². The lowest BCUT2D eigenvalue weighted by Gasteiger charge is -2.19. The molecule has 0 fully saturated rings. The van der Waals surface area contributed by atoms with Gasteiger partial charge in [0.1, 0.15) is 9.84 Å². The van der Waals surface area contributed by atoms with Gasteiger partial charge in [-0.1, -0.05) is 12.1 Å². The van der Waals surface area contributed by atoms with Crippen LogP contribution in [0.2, 0.25) is 0 Å². The monoisotopic (exact) mass is 336 g/mol. The third kappa shape index (κ3) is 3.87. The predicted octanol–water partition coefficient (Wildman–Crippen LogP) is 3.35. The van der Waals surface area contributed by atoms with Crippen LogP contribution < -0.4 is 5.32 Å². The van der Waals surface area contributed by atoms with Crippen molar-refractivity contribution >= 4 is 32.0 Å². The first kappa shape index (κ1) is 15.5. The number of fused-ring (bicyclic) bond motifs is 1. The Morgan fingerprint density at radius 1 is 1.27 bits per heavy atom. The number of aryl methyl sites for hydroxylation is 2. The smallest absolute Gasteiger partial charge is 0.187 e. The second-order valence-electron chi connectivity index (χ2n) is 5.80. The fourth-order valence-electron chi connectivity index (χ4n) is 2.78. The maximum Gasteiger partial charge on any atom is 0.187 e. The van der Waals surface area contributed by atoms with Crippen LogP contribution in [0.3, 0.4) is 0 Å². The summed E-state index contributed by atoms with van der Waals surface area (Å²) in [5.41, 5.74) is 4.82. The van der Waals surface area contributed by atoms with E-state index in [2.05, 4.69) is 28.5 Å². The van der Waals surface area contributed by atoms with E-state index in [1.165, 1.54) is 41.6 Å². The number of sulfone groups is 1. The lowest BCUT2D eigenvalue weighted by atomic mass is 9.90. The number of nitrogens with zero attached hydrogens (tertiary/aromatic N) is 1. The van der Waals surface area contributed by atoms with Crippen molar-refractivity contribution < 1.29 is 8.42 Å². The van der Waals surface area contributed by atoms with Crippen molar-refractivity contribution in [1.29, 1.82) is 0 Å². The van der Waals surface area contributed by atoms with Crippen molar-refractivity contribution in [3.05, 3.63) is 40.4 Å². The Morgan fingerprint density at radius 3 is 2.91 bits per heavy atom. The van der Waals surface area contributed by atoms with Crippen molar-refractivity contribution in [2.24, 2.45) is 0 Å². The van der Waals surface area contributed by atoms with Crippen molar-refractivity contribution in [2.75, 3.05) is 17.3 Å². The number of hydrogen-bond donors (Lipinski definition) is 1. The SMILES string of the molecule is CS(=O)(=O)CCc1csc(Nc2cccc3c2CCCC3)n1. The first-order valence-electron chi connectivity index (χ1n) is 7.51. The molecule has 0 amide bonds. The number of anilines is 2. The van der Waals surface area contributed by atoms with Gasteiger partial charge in [-0.3, -0.25) is 0 Å². The highest BCUT2D eigenvalue weighted by atomic mass is 32.2. The summed E-state index contributed by atoms with van der Waals surface area (Å²) in [6, 6.07) is 6.39. The van der Waals surface area contributed by atoms with Gasteiger partial charge < -0.3 is 5.32 Å². The van der Waals surface area contributed by atoms with Crippen LogP contribution in [0.15, 0.2) is 23.6 Å². The maximum absolute atomic E-state index is 11.2. The first-order valence-corrected chi connectivity index (χ1v) is 10.5. The molecule has 0 unspecified atom stereocenters. The molecule has 2 aromatic rings. The predicted molar refractivity (Wildman–Crippen MR) is 91.9 cm³/mol. The number of hydrogen-bond acceptors (Lipinski definition) is 5. The topological polar surface area (TPSA) is 59.1 Å². The van der Waals surface area contributed by atoms with E-state index in [-0.39, 0.29) is 5.75 Å². The minimum Gasteiger partial charge on any atom is -0.331 e. The van der Waals surface area contributed by atoms with Crippen molar-refractivity contribution in [2.45, 2.75) is 32.1 Å². The summed E-state index contributed by atoms with van der Waals surface area (Å²) < 4.78 is 22.4. The van der Waals surface area contributed by atoms with Crippen LogP contribution >= 0.6 is 11.3 Å². The molecular weight excluding hydrogens is 316 g/mol. The molecule has 0 atom stereocenters. The summed E-state index contributed by atoms with van der Waals surface area (Å²) in [5.74, 6) is 0.150. The van der Waals surface area contributed by atoms with Crippen LogP contribution in [0, 0.1) is 0 Å². The van der Waals surface area contributed by atoms with Gasteiger partial charge >= 0.3 is 0 Å². The fraction of sp³-hybridized carbons (Fsp3) is 0.438. The molecule has 0 bridgehead atoms. The molecule has 4 nitrogen and oxygen atoms in total. The third-order valence-electron chi connectivity index (χ3n) is 3.92. The van der Waals surface area contributed by atoms with Crippen LogP contribution in [0.25, 0.3) is 0 Å². The van der Waals surface area contributed by atoms with Gasteiger partial charge in [0.15, 0.2) is 5.13 Å². The summed E-state index contributed by atoms with van der Waals surface area (Å²) in [7, 11) is -2.94. The Morgan fingerprint density at radius 2 is 2.09 bits per heavy atom. The lowest BCUT2D eigenvalue weighted by Crippen LogP contribution is -2.07. The zero-order valence-corrected chi connectivity index (χ0v) is 14.3. The zero-order chi connectivity index (χ0) is 15.6. The Kier molecular flexibility index (Phi) is 4.49. The summed E-state index contributed by atoms with van der Waals surface area (Å²) >= 11 is 1.53. The Bertz CT molecular complexity index is 766. The minimum absolute atomic E-state index is 0.150. The molecule has 0 aliphatic heterocycles. The summed E-state index contributed by atoms with van der Waals surface area (Å²) in [6.07, 6.45) is 6.51. The van der Waals surface area contributed by atoms with E-state index in [0.29, 0.717) is 6.42 Å². The van der Waals surface area contributed by atoms with Gasteiger partial charge in [-0.25, -0.2) is 13.4 Å². The van der Waals surface area contributed by atoms with Crippen LogP contribution in [-0.4, -0.2) is 25.4 Å². The summed E-state index contributed by atoms with van der Waals surface area (Å²) in [4.78, 5) is 4.50. The second kappa shape index (κ2) is 6.38. The molecule has 0 radical (unpaired) electrons. The highest BCUT2D eigenvalue weighted by molar-refractivity contribution is 7.90. The van der Waals surface area contributed by atoms with E-state index in [9.17, 15) is 8.42 Å². The summed E-state index contributed by atoms with van der Waals surface area (Å²) in [5, 5.41) is 6.18. The molecule has 1 aliphatic carbocycles. The molecule has 0 spiro atoms. The van der Waals surface area contributed by atoms with E-state index < -0.39 is 9.84 Å². The zero-order valence-electron chi connectivity index (χ0n) is 12.6. The highest BCUT2D eigenvalue weighted by Crippen LogP contribution is 2.30. The van der Waals surface area contributed by atoms with Gasteiger partial charge in [0.25, 0.3) is 0 Å². The number of rotatable bonds is 5. The number of thiazole rings is 1. The third-order valence-corrected chi connectivity index (χ3v) is 5.67. The number of aromatic nitrogens is 1. The van der Waals surface area contributed by atoms with E-state index in [1.54, 1.807) is 0 Å². The first-order chi connectivity index (χ1) is 10.5. The normalized spacial score (nSPS) is 14.6. The lowest BCUT2D eigenvalue weighted by molar-refractivity contribution is 0.601. The molecule has 1 heterocycles. The molecular formula is C16H20N2O2S2. The van der Waals surface area contributed by atoms with Crippen LogP contribution in [-0.2, 0) is 29.1 Å². The molecule has 0 saturated carbocycles. The largest absolute Gasteiger partial charge is 0.331 e. The van der Waals surface area contributed by atoms with Crippen LogP contribution in [0.4, 0.5) is 10.8 Å². The Labute approximate surface area is 135 Å². The van der Waals surface area contributed by atoms with Gasteiger partial charge in [-0.2, -0.15) is 0 Å². The number of benzene rings is 1. The molecule has 118 valence electrons. The Balaban J connectivity index is 1.73. The van der Waals surface area contributed by atoms with Gasteiger partial charge in [-0.05, 0) is 42.9 Å². The molecule has 1 aromatic carbocycles. The van der Waals surface area contributed by atoms with E-state index in [4.69, 9.17) is 0 Å². The van der Waals surface area contributed by atoms with Gasteiger partial charge in [0, 0.05) is 23.7 Å². The molecule has 1 N–H and O–H groups in total. The van der Waals surface area contributed by atoms with E-state index >= 15 is 0 Å². The maximum atomic E-state index is 11.2. The van der Waals surface area contributed by atoms with E-state index in [1.807, 2.05) is 5.38 Å². The molecule has 3 rings (SSSR count). The Hall–Kier alpha value is -1.40. The van der Waals surface area contributed by atoms with Crippen molar-refractivity contribution in [3.8, 4) is 0 Å². The van der Waals surface area contributed by atoms with Crippen molar-refractivity contribution in [1.82, 2.24) is 4.98 Å². The molecule has 22 heavy (non-hydrogen) atoms. The average molecular weight is 336 g/mol. The standard InChI is InChI=1S/C16H20N2O2S2/c1-22(19,20)10-9-13-11-21-16(17-13)18-15-8-4-6-12-5-2-3-7-14(12)15/h4,6,8,11H,2-3,5,7,9-10H2,1H3,(H,17,18). The fourth-order valence-corrected chi connectivity index (χ4v) is 4.12. The van der Waals surface area contributed by atoms with Gasteiger partial charge in [-0.15, -0.1) is 11.3 Å². The second-order valence-corrected chi connectivity index (χ2v) is 8.92. The molecule has 6 heteroatoms. The molecule has 1 aliphatic rings. The number of nitrogens with one attached hydrogen (secondary N) is 1. The molecule has 0 saturated heterocycles. The van der Waals surface area contributed by atoms with E-state index in [0.717, 1.165) is 29.4 Å². The molecule has 1 aromatic heterocycles. The quantitative estimate of drug-likeness (QED) is 0.909. The highest BCUT2D eigenvalue weighted by Gasteiger charge is 2.14. The van der Waals surface area contributed by atoms with Gasteiger partial charge in [0.2, 0.25) is 0 Å². The van der Waals surface area contributed by atoms with Crippen molar-refractivity contribution in [3.63, 3.8) is 0 Å². The average Bonchev–Trinajstić information content (AvgIpc) is 2.93. The summed E-state index contributed by atoms with van der Waals surface area (Å²) in [6.45, 7) is 0.